The Balaban J connectivity index is 1.91. The fourth-order valence-corrected chi connectivity index (χ4v) is 2.57. The molecule has 0 aromatic heterocycles. The molecule has 0 heterocycles. The van der Waals surface area contributed by atoms with Gasteiger partial charge in [0.15, 0.2) is 0 Å². The van der Waals surface area contributed by atoms with Crippen molar-refractivity contribution in [3.05, 3.63) is 63.6 Å². The summed E-state index contributed by atoms with van der Waals surface area (Å²) in [5.74, 6) is -0.157. The smallest absolute Gasteiger partial charge is 0.238 e. The molecule has 0 aliphatic heterocycles. The molecule has 2 aromatic carbocycles. The minimum absolute atomic E-state index is 0.157. The molecule has 0 fully saturated rings. The number of rotatable bonds is 5. The molecule has 0 bridgehead atoms. The van der Waals surface area contributed by atoms with Crippen molar-refractivity contribution < 1.29 is 4.79 Å². The molecule has 6 heteroatoms. The van der Waals surface area contributed by atoms with Gasteiger partial charge in [0.2, 0.25) is 5.91 Å². The number of hydrogen-bond acceptors (Lipinski definition) is 3. The summed E-state index contributed by atoms with van der Waals surface area (Å²) < 4.78 is 0. The van der Waals surface area contributed by atoms with Crippen molar-refractivity contribution in [2.75, 3.05) is 18.9 Å². The van der Waals surface area contributed by atoms with Crippen LogP contribution >= 0.6 is 23.2 Å². The van der Waals surface area contributed by atoms with E-state index in [1.54, 1.807) is 18.2 Å². The Morgan fingerprint density at radius 1 is 1.26 bits per heavy atom. The van der Waals surface area contributed by atoms with E-state index in [0.29, 0.717) is 27.8 Å². The van der Waals surface area contributed by atoms with Crippen LogP contribution in [0.5, 0.6) is 0 Å². The lowest BCUT2D eigenvalue weighted by Gasteiger charge is -2.16. The third kappa shape index (κ3) is 5.26. The summed E-state index contributed by atoms with van der Waals surface area (Å²) in [6, 6.07) is 14.3. The van der Waals surface area contributed by atoms with Gasteiger partial charge in [-0.15, -0.1) is 0 Å². The molecule has 2 rings (SSSR count). The summed E-state index contributed by atoms with van der Waals surface area (Å²) in [4.78, 5) is 13.9. The SMILES string of the molecule is CN(CC(=O)Nc1ccc(C#N)c(Cl)c1)Cc1cccc(Cl)c1. The highest BCUT2D eigenvalue weighted by atomic mass is 35.5. The van der Waals surface area contributed by atoms with E-state index in [1.165, 1.54) is 0 Å². The first-order valence-corrected chi connectivity index (χ1v) is 7.66. The number of nitrogens with one attached hydrogen (secondary N) is 1. The Labute approximate surface area is 145 Å². The van der Waals surface area contributed by atoms with Crippen molar-refractivity contribution in [2.24, 2.45) is 0 Å². The average molecular weight is 348 g/mol. The van der Waals surface area contributed by atoms with Crippen LogP contribution in [0.4, 0.5) is 5.69 Å². The molecule has 2 aromatic rings. The molecule has 4 nitrogen and oxygen atoms in total. The standard InChI is InChI=1S/C17H15Cl2N3O/c1-22(10-12-3-2-4-14(18)7-12)11-17(23)21-15-6-5-13(9-20)16(19)8-15/h2-8H,10-11H2,1H3,(H,21,23). The van der Waals surface area contributed by atoms with Crippen LogP contribution in [0.25, 0.3) is 0 Å². The molecule has 0 aliphatic carbocycles. The summed E-state index contributed by atoms with van der Waals surface area (Å²) in [6.07, 6.45) is 0. The largest absolute Gasteiger partial charge is 0.325 e. The van der Waals surface area contributed by atoms with Gasteiger partial charge in [-0.1, -0.05) is 35.3 Å². The van der Waals surface area contributed by atoms with Gasteiger partial charge in [0, 0.05) is 17.3 Å². The molecule has 0 radical (unpaired) electrons. The number of nitriles is 1. The summed E-state index contributed by atoms with van der Waals surface area (Å²) in [5, 5.41) is 12.6. The predicted molar refractivity (Wildman–Crippen MR) is 92.6 cm³/mol. The fourth-order valence-electron chi connectivity index (χ4n) is 2.13. The molecule has 1 amide bonds. The number of anilines is 1. The van der Waals surface area contributed by atoms with Crippen LogP contribution in [-0.4, -0.2) is 24.4 Å². The number of hydrogen-bond donors (Lipinski definition) is 1. The van der Waals surface area contributed by atoms with E-state index < -0.39 is 0 Å². The predicted octanol–water partition coefficient (Wildman–Crippen LogP) is 3.94. The van der Waals surface area contributed by atoms with E-state index in [2.05, 4.69) is 5.32 Å². The number of likely N-dealkylation sites (N-methyl/N-ethyl adjacent to an activating group) is 1. The van der Waals surface area contributed by atoms with Crippen molar-refractivity contribution in [3.8, 4) is 6.07 Å². The Morgan fingerprint density at radius 2 is 2.04 bits per heavy atom. The Bertz CT molecular complexity index is 756. The minimum atomic E-state index is -0.157. The minimum Gasteiger partial charge on any atom is -0.325 e. The van der Waals surface area contributed by atoms with E-state index >= 15 is 0 Å². The van der Waals surface area contributed by atoms with Crippen molar-refractivity contribution in [3.63, 3.8) is 0 Å². The molecule has 0 spiro atoms. The van der Waals surface area contributed by atoms with Crippen molar-refractivity contribution in [1.29, 1.82) is 5.26 Å². The number of halogens is 2. The van der Waals surface area contributed by atoms with Crippen LogP contribution in [0.2, 0.25) is 10.0 Å². The van der Waals surface area contributed by atoms with E-state index in [1.807, 2.05) is 42.3 Å². The van der Waals surface area contributed by atoms with Gasteiger partial charge in [-0.05, 0) is 42.9 Å². The molecule has 1 N–H and O–H groups in total. The summed E-state index contributed by atoms with van der Waals surface area (Å²) in [5.41, 5.74) is 1.98. The quantitative estimate of drug-likeness (QED) is 0.891. The number of amides is 1. The molecule has 0 saturated carbocycles. The second-order valence-corrected chi connectivity index (χ2v) is 6.00. The summed E-state index contributed by atoms with van der Waals surface area (Å²) in [6.45, 7) is 0.840. The fraction of sp³-hybridized carbons (Fsp3) is 0.176. The van der Waals surface area contributed by atoms with Crippen molar-refractivity contribution >= 4 is 34.8 Å². The maximum absolute atomic E-state index is 12.1. The first-order valence-electron chi connectivity index (χ1n) is 6.90. The van der Waals surface area contributed by atoms with Crippen LogP contribution in [0.15, 0.2) is 42.5 Å². The molecule has 23 heavy (non-hydrogen) atoms. The number of carbonyl (C=O) groups is 1. The van der Waals surface area contributed by atoms with Gasteiger partial charge in [-0.3, -0.25) is 9.69 Å². The summed E-state index contributed by atoms with van der Waals surface area (Å²) >= 11 is 11.9. The highest BCUT2D eigenvalue weighted by Crippen LogP contribution is 2.20. The second kappa shape index (κ2) is 7.98. The number of benzene rings is 2. The van der Waals surface area contributed by atoms with E-state index in [9.17, 15) is 4.79 Å². The van der Waals surface area contributed by atoms with Crippen LogP contribution in [-0.2, 0) is 11.3 Å². The molecule has 0 aliphatic rings. The van der Waals surface area contributed by atoms with Crippen LogP contribution in [0.1, 0.15) is 11.1 Å². The van der Waals surface area contributed by atoms with Crippen LogP contribution in [0.3, 0.4) is 0 Å². The van der Waals surface area contributed by atoms with E-state index in [0.717, 1.165) is 5.56 Å². The van der Waals surface area contributed by atoms with Crippen molar-refractivity contribution in [2.45, 2.75) is 6.54 Å². The van der Waals surface area contributed by atoms with Gasteiger partial charge in [0.25, 0.3) is 0 Å². The molecular formula is C17H15Cl2N3O. The van der Waals surface area contributed by atoms with Gasteiger partial charge in [-0.25, -0.2) is 0 Å². The topological polar surface area (TPSA) is 56.1 Å². The zero-order chi connectivity index (χ0) is 16.8. The maximum atomic E-state index is 12.1. The van der Waals surface area contributed by atoms with E-state index in [-0.39, 0.29) is 12.5 Å². The van der Waals surface area contributed by atoms with Gasteiger partial charge in [0.1, 0.15) is 6.07 Å². The zero-order valence-corrected chi connectivity index (χ0v) is 14.0. The number of nitrogens with zero attached hydrogens (tertiary/aromatic N) is 2. The average Bonchev–Trinajstić information content (AvgIpc) is 2.47. The molecular weight excluding hydrogens is 333 g/mol. The van der Waals surface area contributed by atoms with Gasteiger partial charge < -0.3 is 5.32 Å². The zero-order valence-electron chi connectivity index (χ0n) is 12.5. The molecule has 0 unspecified atom stereocenters. The Morgan fingerprint density at radius 3 is 2.70 bits per heavy atom. The Kier molecular flexibility index (Phi) is 6.00. The molecule has 0 saturated heterocycles. The lowest BCUT2D eigenvalue weighted by molar-refractivity contribution is -0.117. The maximum Gasteiger partial charge on any atom is 0.238 e. The Hall–Kier alpha value is -2.06. The van der Waals surface area contributed by atoms with Crippen LogP contribution in [0, 0.1) is 11.3 Å². The van der Waals surface area contributed by atoms with E-state index in [4.69, 9.17) is 28.5 Å². The number of carbonyl (C=O) groups excluding carboxylic acids is 1. The summed E-state index contributed by atoms with van der Waals surface area (Å²) in [7, 11) is 1.85. The molecule has 0 atom stereocenters. The second-order valence-electron chi connectivity index (χ2n) is 5.16. The highest BCUT2D eigenvalue weighted by molar-refractivity contribution is 6.32. The third-order valence-electron chi connectivity index (χ3n) is 3.13. The van der Waals surface area contributed by atoms with Gasteiger partial charge >= 0.3 is 0 Å². The monoisotopic (exact) mass is 347 g/mol. The first-order chi connectivity index (χ1) is 11.0. The van der Waals surface area contributed by atoms with Crippen molar-refractivity contribution in [1.82, 2.24) is 4.90 Å². The van der Waals surface area contributed by atoms with Gasteiger partial charge in [-0.2, -0.15) is 5.26 Å². The highest BCUT2D eigenvalue weighted by Gasteiger charge is 2.09. The lowest BCUT2D eigenvalue weighted by Crippen LogP contribution is -2.29. The first kappa shape index (κ1) is 17.3. The third-order valence-corrected chi connectivity index (χ3v) is 3.68. The van der Waals surface area contributed by atoms with Crippen LogP contribution < -0.4 is 5.32 Å². The molecule has 118 valence electrons. The lowest BCUT2D eigenvalue weighted by atomic mass is 10.2. The van der Waals surface area contributed by atoms with Gasteiger partial charge in [0.05, 0.1) is 17.1 Å². The normalized spacial score (nSPS) is 10.4.